The molecule has 0 fully saturated rings. The summed E-state index contributed by atoms with van der Waals surface area (Å²) in [7, 11) is 0. The van der Waals surface area contributed by atoms with E-state index in [1.54, 1.807) is 23.1 Å². The number of aliphatic hydroxyl groups is 1. The van der Waals surface area contributed by atoms with Crippen molar-refractivity contribution in [1.82, 2.24) is 4.90 Å². The van der Waals surface area contributed by atoms with Crippen LogP contribution in [0.5, 0.6) is 0 Å². The van der Waals surface area contributed by atoms with E-state index in [2.05, 4.69) is 15.9 Å². The fourth-order valence-electron chi connectivity index (χ4n) is 1.50. The molecule has 0 aliphatic carbocycles. The zero-order valence-electron chi connectivity index (χ0n) is 9.62. The molecule has 1 rings (SSSR count). The minimum absolute atomic E-state index is 0.0514. The van der Waals surface area contributed by atoms with Crippen LogP contribution >= 0.6 is 27.5 Å². The number of carbonyl (C=O) groups excluding carboxylic acids is 1. The van der Waals surface area contributed by atoms with Crippen molar-refractivity contribution in [3.63, 3.8) is 0 Å². The van der Waals surface area contributed by atoms with E-state index in [1.165, 1.54) is 0 Å². The third-order valence-corrected chi connectivity index (χ3v) is 3.31. The Kier molecular flexibility index (Phi) is 5.95. The molecule has 0 saturated heterocycles. The highest BCUT2D eigenvalue weighted by atomic mass is 79.9. The Morgan fingerprint density at radius 3 is 2.76 bits per heavy atom. The maximum atomic E-state index is 12.2. The van der Waals surface area contributed by atoms with Gasteiger partial charge in [0.05, 0.1) is 5.56 Å². The molecule has 0 spiro atoms. The number of rotatable bonds is 5. The standard InChI is InChI=1S/C12H15BrClNO2/c1-2-15(6-3-7-16)12(17)10-5-4-9(14)8-11(10)13/h4-5,8,16H,2-3,6-7H2,1H3. The summed E-state index contributed by atoms with van der Waals surface area (Å²) >= 11 is 9.16. The first-order valence-electron chi connectivity index (χ1n) is 5.45. The fraction of sp³-hybridized carbons (Fsp3) is 0.417. The minimum Gasteiger partial charge on any atom is -0.396 e. The fourth-order valence-corrected chi connectivity index (χ4v) is 2.35. The summed E-state index contributed by atoms with van der Waals surface area (Å²) in [5.41, 5.74) is 0.592. The Labute approximate surface area is 115 Å². The maximum absolute atomic E-state index is 12.2. The molecule has 94 valence electrons. The van der Waals surface area contributed by atoms with Crippen molar-refractivity contribution in [3.05, 3.63) is 33.3 Å². The summed E-state index contributed by atoms with van der Waals surface area (Å²) in [5, 5.41) is 9.38. The van der Waals surface area contributed by atoms with E-state index in [1.807, 2.05) is 6.92 Å². The quantitative estimate of drug-likeness (QED) is 0.906. The zero-order valence-corrected chi connectivity index (χ0v) is 12.0. The number of amides is 1. The SMILES string of the molecule is CCN(CCCO)C(=O)c1ccc(Cl)cc1Br. The summed E-state index contributed by atoms with van der Waals surface area (Å²) < 4.78 is 0.692. The van der Waals surface area contributed by atoms with Gasteiger partial charge in [0.15, 0.2) is 0 Å². The predicted molar refractivity (Wildman–Crippen MR) is 72.4 cm³/mol. The van der Waals surface area contributed by atoms with Gasteiger partial charge in [0.2, 0.25) is 0 Å². The van der Waals surface area contributed by atoms with Gasteiger partial charge in [-0.2, -0.15) is 0 Å². The van der Waals surface area contributed by atoms with Crippen LogP contribution in [0.2, 0.25) is 5.02 Å². The van der Waals surface area contributed by atoms with Crippen LogP contribution in [0, 0.1) is 0 Å². The van der Waals surface area contributed by atoms with Crippen LogP contribution in [0.25, 0.3) is 0 Å². The van der Waals surface area contributed by atoms with Crippen molar-refractivity contribution < 1.29 is 9.90 Å². The van der Waals surface area contributed by atoms with Crippen LogP contribution < -0.4 is 0 Å². The Morgan fingerprint density at radius 1 is 1.53 bits per heavy atom. The molecule has 0 atom stereocenters. The molecule has 0 saturated carbocycles. The van der Waals surface area contributed by atoms with Crippen molar-refractivity contribution in [2.45, 2.75) is 13.3 Å². The van der Waals surface area contributed by atoms with Crippen molar-refractivity contribution >= 4 is 33.4 Å². The summed E-state index contributed by atoms with van der Waals surface area (Å²) in [6.45, 7) is 3.18. The molecule has 1 aromatic carbocycles. The summed E-state index contributed by atoms with van der Waals surface area (Å²) in [6.07, 6.45) is 0.588. The van der Waals surface area contributed by atoms with Crippen LogP contribution in [0.4, 0.5) is 0 Å². The number of hydrogen-bond donors (Lipinski definition) is 1. The Hall–Kier alpha value is -0.580. The highest BCUT2D eigenvalue weighted by Gasteiger charge is 2.16. The normalized spacial score (nSPS) is 10.4. The number of nitrogens with zero attached hydrogens (tertiary/aromatic N) is 1. The lowest BCUT2D eigenvalue weighted by Gasteiger charge is -2.21. The monoisotopic (exact) mass is 319 g/mol. The second kappa shape index (κ2) is 6.99. The second-order valence-corrected chi connectivity index (χ2v) is 4.88. The van der Waals surface area contributed by atoms with Crippen LogP contribution in [0.15, 0.2) is 22.7 Å². The highest BCUT2D eigenvalue weighted by molar-refractivity contribution is 9.10. The molecule has 17 heavy (non-hydrogen) atoms. The van der Waals surface area contributed by atoms with Gasteiger partial charge < -0.3 is 10.0 Å². The van der Waals surface area contributed by atoms with E-state index in [4.69, 9.17) is 16.7 Å². The molecule has 1 aromatic rings. The molecule has 3 nitrogen and oxygen atoms in total. The summed E-state index contributed by atoms with van der Waals surface area (Å²) in [5.74, 6) is -0.0514. The molecule has 0 aromatic heterocycles. The average Bonchev–Trinajstić information content (AvgIpc) is 2.29. The lowest BCUT2D eigenvalue weighted by Crippen LogP contribution is -2.32. The van der Waals surface area contributed by atoms with Gasteiger partial charge in [0.25, 0.3) is 5.91 Å². The van der Waals surface area contributed by atoms with Gasteiger partial charge in [0.1, 0.15) is 0 Å². The molecule has 0 heterocycles. The second-order valence-electron chi connectivity index (χ2n) is 3.59. The smallest absolute Gasteiger partial charge is 0.254 e. The van der Waals surface area contributed by atoms with Crippen molar-refractivity contribution in [3.8, 4) is 0 Å². The summed E-state index contributed by atoms with van der Waals surface area (Å²) in [4.78, 5) is 13.9. The summed E-state index contributed by atoms with van der Waals surface area (Å²) in [6, 6.07) is 5.10. The van der Waals surface area contributed by atoms with Crippen LogP contribution in [0.3, 0.4) is 0 Å². The molecule has 1 amide bonds. The zero-order chi connectivity index (χ0) is 12.8. The van der Waals surface area contributed by atoms with E-state index in [9.17, 15) is 4.79 Å². The number of halogens is 2. The number of aliphatic hydroxyl groups excluding tert-OH is 1. The first-order valence-corrected chi connectivity index (χ1v) is 6.62. The van der Waals surface area contributed by atoms with E-state index >= 15 is 0 Å². The first-order chi connectivity index (χ1) is 8.10. The lowest BCUT2D eigenvalue weighted by molar-refractivity contribution is 0.0753. The Morgan fingerprint density at radius 2 is 2.24 bits per heavy atom. The number of carbonyl (C=O) groups is 1. The molecule has 0 radical (unpaired) electrons. The van der Waals surface area contributed by atoms with Crippen LogP contribution in [-0.4, -0.2) is 35.6 Å². The van der Waals surface area contributed by atoms with Gasteiger partial charge in [-0.1, -0.05) is 11.6 Å². The van der Waals surface area contributed by atoms with Crippen molar-refractivity contribution in [2.75, 3.05) is 19.7 Å². The van der Waals surface area contributed by atoms with Crippen LogP contribution in [0.1, 0.15) is 23.7 Å². The number of benzene rings is 1. The largest absolute Gasteiger partial charge is 0.396 e. The Balaban J connectivity index is 2.86. The van der Waals surface area contributed by atoms with E-state index < -0.39 is 0 Å². The maximum Gasteiger partial charge on any atom is 0.254 e. The molecule has 0 bridgehead atoms. The topological polar surface area (TPSA) is 40.5 Å². The lowest BCUT2D eigenvalue weighted by atomic mass is 10.2. The third kappa shape index (κ3) is 3.98. The molecular weight excluding hydrogens is 305 g/mol. The first kappa shape index (κ1) is 14.5. The van der Waals surface area contributed by atoms with Crippen LogP contribution in [-0.2, 0) is 0 Å². The van der Waals surface area contributed by atoms with E-state index in [-0.39, 0.29) is 12.5 Å². The Bertz CT molecular complexity index is 398. The van der Waals surface area contributed by atoms with Gasteiger partial charge in [0, 0.05) is 29.2 Å². The average molecular weight is 321 g/mol. The molecule has 0 aliphatic rings. The molecular formula is C12H15BrClNO2. The van der Waals surface area contributed by atoms with Gasteiger partial charge >= 0.3 is 0 Å². The predicted octanol–water partition coefficient (Wildman–Crippen LogP) is 2.95. The molecule has 1 N–H and O–H groups in total. The van der Waals surface area contributed by atoms with Crippen molar-refractivity contribution in [1.29, 1.82) is 0 Å². The van der Waals surface area contributed by atoms with E-state index in [0.29, 0.717) is 34.6 Å². The molecule has 0 unspecified atom stereocenters. The van der Waals surface area contributed by atoms with Gasteiger partial charge in [-0.3, -0.25) is 4.79 Å². The highest BCUT2D eigenvalue weighted by Crippen LogP contribution is 2.22. The van der Waals surface area contributed by atoms with Gasteiger partial charge in [-0.25, -0.2) is 0 Å². The third-order valence-electron chi connectivity index (χ3n) is 2.42. The van der Waals surface area contributed by atoms with Gasteiger partial charge in [-0.05, 0) is 47.5 Å². The van der Waals surface area contributed by atoms with E-state index in [0.717, 1.165) is 0 Å². The number of hydrogen-bond acceptors (Lipinski definition) is 2. The van der Waals surface area contributed by atoms with Crippen molar-refractivity contribution in [2.24, 2.45) is 0 Å². The molecule has 0 aliphatic heterocycles. The minimum atomic E-state index is -0.0514. The molecule has 5 heteroatoms. The van der Waals surface area contributed by atoms with Gasteiger partial charge in [-0.15, -0.1) is 0 Å².